The molecule has 0 heterocycles. The van der Waals surface area contributed by atoms with Gasteiger partial charge in [-0.1, -0.05) is 25.8 Å². The molecule has 3 saturated carbocycles. The van der Waals surface area contributed by atoms with E-state index >= 15 is 0 Å². The van der Waals surface area contributed by atoms with Crippen LogP contribution in [0.25, 0.3) is 0 Å². The Kier molecular flexibility index (Phi) is 2.76. The van der Waals surface area contributed by atoms with Gasteiger partial charge >= 0.3 is 0 Å². The summed E-state index contributed by atoms with van der Waals surface area (Å²) < 4.78 is 0. The fourth-order valence-electron chi connectivity index (χ4n) is 6.55. The number of carbonyl (C=O) groups is 1. The van der Waals surface area contributed by atoms with Gasteiger partial charge in [0.05, 0.1) is 0 Å². The summed E-state index contributed by atoms with van der Waals surface area (Å²) in [6.07, 6.45) is 13.8. The van der Waals surface area contributed by atoms with E-state index in [1.54, 1.807) is 0 Å². The lowest BCUT2D eigenvalue weighted by Crippen LogP contribution is -2.49. The molecular formula is C19H28O. The van der Waals surface area contributed by atoms with E-state index in [1.165, 1.54) is 50.5 Å². The molecule has 0 unspecified atom stereocenters. The molecule has 5 atom stereocenters. The first kappa shape index (κ1) is 13.1. The fourth-order valence-corrected chi connectivity index (χ4v) is 6.55. The highest BCUT2D eigenvalue weighted by Gasteiger charge is 2.55. The Morgan fingerprint density at radius 2 is 1.85 bits per heavy atom. The lowest BCUT2D eigenvalue weighted by molar-refractivity contribution is -0.117. The van der Waals surface area contributed by atoms with Crippen molar-refractivity contribution in [1.82, 2.24) is 0 Å². The Balaban J connectivity index is 1.69. The van der Waals surface area contributed by atoms with Crippen LogP contribution in [0.3, 0.4) is 0 Å². The van der Waals surface area contributed by atoms with E-state index in [0.717, 1.165) is 30.6 Å². The Bertz CT molecular complexity index is 476. The lowest BCUT2D eigenvalue weighted by Gasteiger charge is -2.57. The molecule has 20 heavy (non-hydrogen) atoms. The van der Waals surface area contributed by atoms with Crippen molar-refractivity contribution < 1.29 is 4.79 Å². The number of fused-ring (bicyclic) bond motifs is 5. The third-order valence-electron chi connectivity index (χ3n) is 7.74. The normalized spacial score (nSPS) is 51.0. The van der Waals surface area contributed by atoms with Crippen LogP contribution in [0, 0.1) is 28.6 Å². The first-order chi connectivity index (χ1) is 9.53. The third-order valence-corrected chi connectivity index (χ3v) is 7.74. The second kappa shape index (κ2) is 4.21. The van der Waals surface area contributed by atoms with Gasteiger partial charge in [0.2, 0.25) is 0 Å². The molecule has 110 valence electrons. The van der Waals surface area contributed by atoms with Gasteiger partial charge in [0.1, 0.15) is 0 Å². The van der Waals surface area contributed by atoms with Crippen LogP contribution in [-0.2, 0) is 4.79 Å². The average molecular weight is 272 g/mol. The van der Waals surface area contributed by atoms with Gasteiger partial charge in [-0.15, -0.1) is 0 Å². The average Bonchev–Trinajstić information content (AvgIpc) is 2.81. The van der Waals surface area contributed by atoms with Crippen molar-refractivity contribution in [2.45, 2.75) is 71.6 Å². The van der Waals surface area contributed by atoms with Gasteiger partial charge in [-0.25, -0.2) is 0 Å². The van der Waals surface area contributed by atoms with Gasteiger partial charge in [-0.2, -0.15) is 0 Å². The molecule has 0 radical (unpaired) electrons. The molecule has 0 aromatic carbocycles. The SMILES string of the molecule is C[C@@]12CCC[C@@H]1[C@@H]1CCC3=CC(=O)CC[C@@]3(C)[C@H]1CC2. The van der Waals surface area contributed by atoms with Crippen molar-refractivity contribution in [3.8, 4) is 0 Å². The monoisotopic (exact) mass is 272 g/mol. The quantitative estimate of drug-likeness (QED) is 0.612. The summed E-state index contributed by atoms with van der Waals surface area (Å²) in [5.41, 5.74) is 2.53. The lowest BCUT2D eigenvalue weighted by atomic mass is 9.47. The smallest absolute Gasteiger partial charge is 0.155 e. The maximum Gasteiger partial charge on any atom is 0.155 e. The number of hydrogen-bond acceptors (Lipinski definition) is 1. The minimum Gasteiger partial charge on any atom is -0.295 e. The molecule has 3 fully saturated rings. The Morgan fingerprint density at radius 1 is 1.00 bits per heavy atom. The Morgan fingerprint density at radius 3 is 2.70 bits per heavy atom. The summed E-state index contributed by atoms with van der Waals surface area (Å²) in [4.78, 5) is 11.8. The van der Waals surface area contributed by atoms with Crippen LogP contribution in [0.15, 0.2) is 11.6 Å². The van der Waals surface area contributed by atoms with Gasteiger partial charge < -0.3 is 0 Å². The van der Waals surface area contributed by atoms with Crippen molar-refractivity contribution in [3.63, 3.8) is 0 Å². The highest BCUT2D eigenvalue weighted by Crippen LogP contribution is 2.65. The van der Waals surface area contributed by atoms with E-state index in [9.17, 15) is 4.79 Å². The standard InChI is InChI=1S/C19H28O/c1-18-9-3-4-16(18)15-6-5-13-12-14(20)7-11-19(13,2)17(15)8-10-18/h12,15-17H,3-11H2,1-2H3/t15-,16+,17-,18-,19+/m0/s1. The molecule has 4 aliphatic carbocycles. The highest BCUT2D eigenvalue weighted by atomic mass is 16.1. The minimum absolute atomic E-state index is 0.362. The molecule has 0 aromatic rings. The fraction of sp³-hybridized carbons (Fsp3) is 0.842. The molecule has 4 aliphatic rings. The van der Waals surface area contributed by atoms with Gasteiger partial charge in [0, 0.05) is 6.42 Å². The zero-order chi connectivity index (χ0) is 14.0. The molecule has 0 bridgehead atoms. The molecule has 1 heteroatoms. The van der Waals surface area contributed by atoms with Gasteiger partial charge in [0.25, 0.3) is 0 Å². The summed E-state index contributed by atoms with van der Waals surface area (Å²) in [5, 5.41) is 0. The zero-order valence-corrected chi connectivity index (χ0v) is 13.1. The number of ketones is 1. The summed E-state index contributed by atoms with van der Waals surface area (Å²) >= 11 is 0. The van der Waals surface area contributed by atoms with Gasteiger partial charge in [0.15, 0.2) is 5.78 Å². The van der Waals surface area contributed by atoms with Crippen LogP contribution >= 0.6 is 0 Å². The Labute approximate surface area is 123 Å². The highest BCUT2D eigenvalue weighted by molar-refractivity contribution is 5.91. The molecule has 1 nitrogen and oxygen atoms in total. The molecular weight excluding hydrogens is 244 g/mol. The topological polar surface area (TPSA) is 17.1 Å². The molecule has 0 amide bonds. The first-order valence-electron chi connectivity index (χ1n) is 8.77. The maximum atomic E-state index is 11.8. The molecule has 4 rings (SSSR count). The molecule has 0 aliphatic heterocycles. The summed E-state index contributed by atoms with van der Waals surface area (Å²) in [6.45, 7) is 5.05. The van der Waals surface area contributed by atoms with E-state index < -0.39 is 0 Å². The van der Waals surface area contributed by atoms with Crippen LogP contribution in [0.5, 0.6) is 0 Å². The van der Waals surface area contributed by atoms with Crippen LogP contribution in [-0.4, -0.2) is 5.78 Å². The van der Waals surface area contributed by atoms with Crippen molar-refractivity contribution >= 4 is 5.78 Å². The molecule has 0 aromatic heterocycles. The number of rotatable bonds is 0. The van der Waals surface area contributed by atoms with E-state index in [-0.39, 0.29) is 0 Å². The molecule has 0 spiro atoms. The Hall–Kier alpha value is -0.590. The van der Waals surface area contributed by atoms with Crippen LogP contribution in [0.2, 0.25) is 0 Å². The van der Waals surface area contributed by atoms with Gasteiger partial charge in [-0.05, 0) is 79.6 Å². The second-order valence-corrected chi connectivity index (χ2v) is 8.55. The first-order valence-corrected chi connectivity index (χ1v) is 8.77. The van der Waals surface area contributed by atoms with E-state index in [2.05, 4.69) is 13.8 Å². The molecule has 0 N–H and O–H groups in total. The van der Waals surface area contributed by atoms with E-state index in [1.807, 2.05) is 6.08 Å². The van der Waals surface area contributed by atoms with Gasteiger partial charge in [-0.3, -0.25) is 4.79 Å². The zero-order valence-electron chi connectivity index (χ0n) is 13.1. The summed E-state index contributed by atoms with van der Waals surface area (Å²) in [5.74, 6) is 3.19. The maximum absolute atomic E-state index is 11.8. The summed E-state index contributed by atoms with van der Waals surface area (Å²) in [7, 11) is 0. The number of hydrogen-bond donors (Lipinski definition) is 0. The van der Waals surface area contributed by atoms with Crippen LogP contribution in [0.4, 0.5) is 0 Å². The van der Waals surface area contributed by atoms with Crippen molar-refractivity contribution in [2.24, 2.45) is 28.6 Å². The second-order valence-electron chi connectivity index (χ2n) is 8.55. The van der Waals surface area contributed by atoms with Crippen molar-refractivity contribution in [3.05, 3.63) is 11.6 Å². The number of allylic oxidation sites excluding steroid dienone is 1. The van der Waals surface area contributed by atoms with Crippen LogP contribution in [0.1, 0.15) is 71.6 Å². The molecule has 0 saturated heterocycles. The third kappa shape index (κ3) is 1.64. The van der Waals surface area contributed by atoms with E-state index in [0.29, 0.717) is 16.6 Å². The van der Waals surface area contributed by atoms with Crippen molar-refractivity contribution in [1.29, 1.82) is 0 Å². The van der Waals surface area contributed by atoms with Crippen molar-refractivity contribution in [2.75, 3.05) is 0 Å². The number of carbonyl (C=O) groups excluding carboxylic acids is 1. The predicted molar refractivity (Wildman–Crippen MR) is 81.3 cm³/mol. The largest absolute Gasteiger partial charge is 0.295 e. The minimum atomic E-state index is 0.362. The summed E-state index contributed by atoms with van der Waals surface area (Å²) in [6, 6.07) is 0. The van der Waals surface area contributed by atoms with Crippen LogP contribution < -0.4 is 0 Å². The predicted octanol–water partition coefficient (Wildman–Crippen LogP) is 4.91. The van der Waals surface area contributed by atoms with E-state index in [4.69, 9.17) is 0 Å².